The average Bonchev–Trinajstić information content (AvgIpc) is 3.16. The van der Waals surface area contributed by atoms with E-state index in [9.17, 15) is 0 Å². The number of hydrogen-bond donors (Lipinski definition) is 0. The molecular formula is C22H19NS. The summed E-state index contributed by atoms with van der Waals surface area (Å²) in [6, 6.07) is 22.7. The standard InChI is InChI=1S/C22H19NS/c1-3-14(2)23-19-10-6-4-8-15(19)17-12-13-18-16-9-5-7-11-20(16)24-22(18)21(17)23/h4-14H,3H2,1-2H3. The Morgan fingerprint density at radius 1 is 0.833 bits per heavy atom. The van der Waals surface area contributed by atoms with Crippen LogP contribution in [0.3, 0.4) is 0 Å². The van der Waals surface area contributed by atoms with E-state index in [-0.39, 0.29) is 0 Å². The second kappa shape index (κ2) is 5.09. The molecule has 0 aliphatic rings. The highest BCUT2D eigenvalue weighted by molar-refractivity contribution is 7.26. The van der Waals surface area contributed by atoms with Crippen molar-refractivity contribution in [2.45, 2.75) is 26.3 Å². The lowest BCUT2D eigenvalue weighted by atomic mass is 10.1. The highest BCUT2D eigenvalue weighted by Crippen LogP contribution is 2.42. The largest absolute Gasteiger partial charge is 0.336 e. The van der Waals surface area contributed by atoms with Gasteiger partial charge in [0.25, 0.3) is 0 Å². The number of rotatable bonds is 2. The van der Waals surface area contributed by atoms with Crippen molar-refractivity contribution in [2.75, 3.05) is 0 Å². The smallest absolute Gasteiger partial charge is 0.0675 e. The molecule has 24 heavy (non-hydrogen) atoms. The van der Waals surface area contributed by atoms with Crippen LogP contribution in [0.4, 0.5) is 0 Å². The van der Waals surface area contributed by atoms with Crippen LogP contribution in [0.1, 0.15) is 26.3 Å². The Bertz CT molecular complexity index is 1210. The van der Waals surface area contributed by atoms with E-state index >= 15 is 0 Å². The van der Waals surface area contributed by atoms with E-state index in [1.807, 2.05) is 11.3 Å². The topological polar surface area (TPSA) is 4.93 Å². The Balaban J connectivity index is 2.08. The van der Waals surface area contributed by atoms with E-state index in [1.54, 1.807) is 0 Å². The predicted octanol–water partition coefficient (Wildman–Crippen LogP) is 7.13. The van der Waals surface area contributed by atoms with Crippen molar-refractivity contribution in [2.24, 2.45) is 0 Å². The first-order valence-corrected chi connectivity index (χ1v) is 9.44. The molecule has 0 saturated carbocycles. The summed E-state index contributed by atoms with van der Waals surface area (Å²) >= 11 is 1.93. The number of thiophene rings is 1. The van der Waals surface area contributed by atoms with Crippen LogP contribution in [0.2, 0.25) is 0 Å². The van der Waals surface area contributed by atoms with Gasteiger partial charge in [0.2, 0.25) is 0 Å². The van der Waals surface area contributed by atoms with Crippen molar-refractivity contribution in [3.8, 4) is 0 Å². The normalized spacial score (nSPS) is 13.4. The van der Waals surface area contributed by atoms with Crippen LogP contribution in [-0.2, 0) is 0 Å². The maximum atomic E-state index is 2.56. The van der Waals surface area contributed by atoms with Gasteiger partial charge in [-0.3, -0.25) is 0 Å². The minimum absolute atomic E-state index is 0.489. The molecule has 3 aromatic carbocycles. The number of para-hydroxylation sites is 1. The Hall–Kier alpha value is -2.32. The molecule has 0 amide bonds. The Morgan fingerprint density at radius 3 is 2.38 bits per heavy atom. The van der Waals surface area contributed by atoms with E-state index in [1.165, 1.54) is 42.0 Å². The molecule has 0 radical (unpaired) electrons. The van der Waals surface area contributed by atoms with Crippen molar-refractivity contribution in [1.82, 2.24) is 4.57 Å². The molecule has 0 spiro atoms. The van der Waals surface area contributed by atoms with Gasteiger partial charge in [0, 0.05) is 37.8 Å². The third kappa shape index (κ3) is 1.75. The number of hydrogen-bond acceptors (Lipinski definition) is 1. The maximum absolute atomic E-state index is 2.56. The second-order valence-corrected chi connectivity index (χ2v) is 7.63. The summed E-state index contributed by atoms with van der Waals surface area (Å²) in [6.45, 7) is 4.61. The molecule has 2 aromatic heterocycles. The Morgan fingerprint density at radius 2 is 1.54 bits per heavy atom. The number of nitrogens with zero attached hydrogens (tertiary/aromatic N) is 1. The van der Waals surface area contributed by atoms with Gasteiger partial charge >= 0.3 is 0 Å². The van der Waals surface area contributed by atoms with E-state index in [0.29, 0.717) is 6.04 Å². The fourth-order valence-electron chi connectivity index (χ4n) is 3.90. The summed E-state index contributed by atoms with van der Waals surface area (Å²) in [6.07, 6.45) is 1.13. The van der Waals surface area contributed by atoms with Crippen LogP contribution in [0.15, 0.2) is 60.7 Å². The van der Waals surface area contributed by atoms with Crippen LogP contribution in [0.5, 0.6) is 0 Å². The summed E-state index contributed by atoms with van der Waals surface area (Å²) in [7, 11) is 0. The highest BCUT2D eigenvalue weighted by Gasteiger charge is 2.18. The zero-order chi connectivity index (χ0) is 16.3. The first-order valence-electron chi connectivity index (χ1n) is 8.62. The Kier molecular flexibility index (Phi) is 2.98. The van der Waals surface area contributed by atoms with E-state index in [4.69, 9.17) is 0 Å². The van der Waals surface area contributed by atoms with Crippen molar-refractivity contribution in [3.05, 3.63) is 60.7 Å². The van der Waals surface area contributed by atoms with Crippen molar-refractivity contribution < 1.29 is 0 Å². The van der Waals surface area contributed by atoms with Gasteiger partial charge in [0.15, 0.2) is 0 Å². The van der Waals surface area contributed by atoms with Gasteiger partial charge in [-0.05, 0) is 25.5 Å². The predicted molar refractivity (Wildman–Crippen MR) is 107 cm³/mol. The Labute approximate surface area is 145 Å². The quantitative estimate of drug-likeness (QED) is 0.324. The molecule has 1 unspecified atom stereocenters. The van der Waals surface area contributed by atoms with Gasteiger partial charge in [-0.15, -0.1) is 11.3 Å². The van der Waals surface area contributed by atoms with Crippen LogP contribution >= 0.6 is 11.3 Å². The summed E-state index contributed by atoms with van der Waals surface area (Å²) in [4.78, 5) is 0. The average molecular weight is 329 g/mol. The molecule has 2 heteroatoms. The monoisotopic (exact) mass is 329 g/mol. The highest BCUT2D eigenvalue weighted by atomic mass is 32.1. The molecule has 1 atom stereocenters. The fourth-order valence-corrected chi connectivity index (χ4v) is 5.15. The molecule has 118 valence electrons. The zero-order valence-corrected chi connectivity index (χ0v) is 14.7. The third-order valence-corrected chi connectivity index (χ3v) is 6.44. The number of benzene rings is 3. The molecule has 0 saturated heterocycles. The second-order valence-electron chi connectivity index (χ2n) is 6.58. The van der Waals surface area contributed by atoms with Gasteiger partial charge in [0.05, 0.1) is 10.2 Å². The van der Waals surface area contributed by atoms with E-state index in [0.717, 1.165) is 6.42 Å². The minimum Gasteiger partial charge on any atom is -0.336 e. The molecule has 2 heterocycles. The van der Waals surface area contributed by atoms with Gasteiger partial charge in [-0.1, -0.05) is 55.5 Å². The lowest BCUT2D eigenvalue weighted by Crippen LogP contribution is -2.03. The lowest BCUT2D eigenvalue weighted by Gasteiger charge is -2.15. The summed E-state index contributed by atoms with van der Waals surface area (Å²) in [5.41, 5.74) is 2.76. The van der Waals surface area contributed by atoms with Gasteiger partial charge in [-0.25, -0.2) is 0 Å². The van der Waals surface area contributed by atoms with Crippen molar-refractivity contribution >= 4 is 53.3 Å². The van der Waals surface area contributed by atoms with Crippen molar-refractivity contribution in [3.63, 3.8) is 0 Å². The molecule has 0 fully saturated rings. The summed E-state index contributed by atoms with van der Waals surface area (Å²) in [5.74, 6) is 0. The number of aromatic nitrogens is 1. The molecular weight excluding hydrogens is 310 g/mol. The lowest BCUT2D eigenvalue weighted by molar-refractivity contribution is 0.564. The molecule has 0 N–H and O–H groups in total. The van der Waals surface area contributed by atoms with E-state index < -0.39 is 0 Å². The van der Waals surface area contributed by atoms with Gasteiger partial charge in [-0.2, -0.15) is 0 Å². The SMILES string of the molecule is CCC(C)n1c2ccccc2c2ccc3c4ccccc4sc3c21. The minimum atomic E-state index is 0.489. The first kappa shape index (κ1) is 14.1. The molecule has 0 aliphatic carbocycles. The van der Waals surface area contributed by atoms with Crippen LogP contribution in [0.25, 0.3) is 42.0 Å². The first-order chi connectivity index (χ1) is 11.8. The third-order valence-electron chi connectivity index (χ3n) is 5.25. The molecule has 0 bridgehead atoms. The molecule has 5 rings (SSSR count). The fraction of sp³-hybridized carbons (Fsp3) is 0.182. The summed E-state index contributed by atoms with van der Waals surface area (Å²) < 4.78 is 5.36. The molecule has 0 aliphatic heterocycles. The van der Waals surface area contributed by atoms with E-state index in [2.05, 4.69) is 79.1 Å². The zero-order valence-electron chi connectivity index (χ0n) is 13.9. The van der Waals surface area contributed by atoms with Gasteiger partial charge < -0.3 is 4.57 Å². The van der Waals surface area contributed by atoms with Crippen LogP contribution in [-0.4, -0.2) is 4.57 Å². The summed E-state index contributed by atoms with van der Waals surface area (Å²) in [5, 5.41) is 5.51. The van der Waals surface area contributed by atoms with Gasteiger partial charge in [0.1, 0.15) is 0 Å². The maximum Gasteiger partial charge on any atom is 0.0675 e. The van der Waals surface area contributed by atoms with Crippen LogP contribution in [0, 0.1) is 0 Å². The van der Waals surface area contributed by atoms with Crippen LogP contribution < -0.4 is 0 Å². The molecule has 5 aromatic rings. The number of fused-ring (bicyclic) bond motifs is 7. The van der Waals surface area contributed by atoms with Crippen molar-refractivity contribution in [1.29, 1.82) is 0 Å². The molecule has 1 nitrogen and oxygen atoms in total.